The van der Waals surface area contributed by atoms with Gasteiger partial charge in [-0.25, -0.2) is 34.9 Å². The quantitative estimate of drug-likeness (QED) is 0.140. The predicted octanol–water partition coefficient (Wildman–Crippen LogP) is 34.5. The van der Waals surface area contributed by atoms with Crippen LogP contribution in [0.2, 0.25) is 0 Å². The van der Waals surface area contributed by atoms with Crippen LogP contribution in [0.25, 0.3) is 270 Å². The number of aromatic nitrogens is 11. The molecule has 7 aromatic heterocycles. The number of hydrogen-bond donors (Lipinski definition) is 0. The molecule has 2 aliphatic carbocycles. The standard InChI is InChI=1S/2C49H33N3.C38H23N5/c1-49(2)42-28-33-17-8-6-15-31(33)25-39(42)36-20-12-21-38(46(36)49)47-37-19-10-11-22-43(37)50-48(51-47)52-44-24-23-35(30-13-4-3-5-14-30)27-40(44)41-26-32-16-7-9-18-34(32)29-45(41)52;1-49(2)42-22-20-36(27-38(42)39-24-31-14-6-8-16-33(31)28-43(39)49)47-37-18-10-11-19-44(37)50-48(51-47)52-45-23-21-35(30-12-4-3-5-13-30)26-40(45)41-25-32-15-7-9-17-34(32)29-46(41)52;1-2-10-25(11-3-1)30-15-8-16-32-34(30)31-22-27-13-6-7-14-28(27)23-33(31)43(32)38-41-35(36-37(42-38)40-20-19-39-36)29-18-17-24-9-4-5-12-26(24)21-29/h2*3-29H,1-2H3;1-23H. The van der Waals surface area contributed by atoms with Crippen LogP contribution in [0.4, 0.5) is 0 Å². The van der Waals surface area contributed by atoms with Gasteiger partial charge in [0, 0.05) is 83.0 Å². The highest BCUT2D eigenvalue weighted by molar-refractivity contribution is 6.20. The van der Waals surface area contributed by atoms with Gasteiger partial charge in [-0.05, 0) is 258 Å². The van der Waals surface area contributed by atoms with Crippen molar-refractivity contribution in [2.45, 2.75) is 38.5 Å². The highest BCUT2D eigenvalue weighted by Gasteiger charge is 2.40. The van der Waals surface area contributed by atoms with Crippen molar-refractivity contribution in [3.63, 3.8) is 0 Å². The van der Waals surface area contributed by atoms with E-state index in [1.165, 1.54) is 159 Å². The summed E-state index contributed by atoms with van der Waals surface area (Å²) in [4.78, 5) is 41.3. The molecule has 0 spiro atoms. The van der Waals surface area contributed by atoms with Gasteiger partial charge in [-0.2, -0.15) is 4.98 Å². The predicted molar refractivity (Wildman–Crippen MR) is 610 cm³/mol. The smallest absolute Gasteiger partial charge is 0.237 e. The Balaban J connectivity index is 0.000000105. The van der Waals surface area contributed by atoms with Crippen molar-refractivity contribution in [2.24, 2.45) is 0 Å². The minimum absolute atomic E-state index is 0.101. The molecule has 0 radical (unpaired) electrons. The van der Waals surface area contributed by atoms with Crippen LogP contribution in [-0.2, 0) is 10.8 Å². The average Bonchev–Trinajstić information content (AvgIpc) is 1.37. The molecule has 0 amide bonds. The first-order valence-corrected chi connectivity index (χ1v) is 50.3. The molecule has 2 aliphatic rings. The second-order valence-electron chi connectivity index (χ2n) is 40.1. The van der Waals surface area contributed by atoms with Crippen molar-refractivity contribution < 1.29 is 0 Å². The van der Waals surface area contributed by atoms with Crippen molar-refractivity contribution >= 4 is 163 Å². The van der Waals surface area contributed by atoms with Gasteiger partial charge in [-0.15, -0.1) is 0 Å². The van der Waals surface area contributed by atoms with Crippen LogP contribution in [-0.4, -0.2) is 53.6 Å². The minimum Gasteiger partial charge on any atom is -0.278 e. The molecule has 0 fully saturated rings. The van der Waals surface area contributed by atoms with E-state index in [9.17, 15) is 0 Å². The molecule has 29 aromatic rings. The number of fused-ring (bicyclic) bond motifs is 24. The highest BCUT2D eigenvalue weighted by Crippen LogP contribution is 2.56. The maximum Gasteiger partial charge on any atom is 0.237 e. The molecular formula is C136H89N11. The Morgan fingerprint density at radius 2 is 0.571 bits per heavy atom. The number of rotatable bonds is 9. The van der Waals surface area contributed by atoms with Gasteiger partial charge in [0.1, 0.15) is 11.2 Å². The first-order chi connectivity index (χ1) is 72.3. The van der Waals surface area contributed by atoms with Crippen LogP contribution in [0, 0.1) is 0 Å². The molecule has 0 saturated heterocycles. The van der Waals surface area contributed by atoms with Crippen molar-refractivity contribution in [2.75, 3.05) is 0 Å². The van der Waals surface area contributed by atoms with E-state index in [0.717, 1.165) is 105 Å². The van der Waals surface area contributed by atoms with Crippen LogP contribution in [0.5, 0.6) is 0 Å². The molecule has 147 heavy (non-hydrogen) atoms. The summed E-state index contributed by atoms with van der Waals surface area (Å²) < 4.78 is 6.72. The summed E-state index contributed by atoms with van der Waals surface area (Å²) in [6, 6.07) is 164. The zero-order valence-corrected chi connectivity index (χ0v) is 80.9. The van der Waals surface area contributed by atoms with Crippen LogP contribution < -0.4 is 0 Å². The van der Waals surface area contributed by atoms with Gasteiger partial charge in [-0.3, -0.25) is 13.7 Å². The lowest BCUT2D eigenvalue weighted by Gasteiger charge is -2.25. The molecule has 0 bridgehead atoms. The Morgan fingerprint density at radius 1 is 0.190 bits per heavy atom. The minimum atomic E-state index is -0.225. The van der Waals surface area contributed by atoms with Gasteiger partial charge < -0.3 is 0 Å². The Kier molecular flexibility index (Phi) is 19.2. The Hall–Kier alpha value is -19.1. The number of para-hydroxylation sites is 2. The molecule has 0 aliphatic heterocycles. The van der Waals surface area contributed by atoms with Gasteiger partial charge in [0.25, 0.3) is 0 Å². The van der Waals surface area contributed by atoms with Crippen molar-refractivity contribution in [3.05, 3.63) is 490 Å². The molecule has 11 heteroatoms. The lowest BCUT2D eigenvalue weighted by molar-refractivity contribution is 0.661. The van der Waals surface area contributed by atoms with Gasteiger partial charge in [0.05, 0.1) is 55.5 Å². The van der Waals surface area contributed by atoms with Crippen LogP contribution in [0.1, 0.15) is 49.9 Å². The fourth-order valence-corrected chi connectivity index (χ4v) is 23.9. The largest absolute Gasteiger partial charge is 0.278 e. The summed E-state index contributed by atoms with van der Waals surface area (Å²) in [6.45, 7) is 9.42. The van der Waals surface area contributed by atoms with E-state index in [4.69, 9.17) is 29.9 Å². The summed E-state index contributed by atoms with van der Waals surface area (Å²) in [7, 11) is 0. The summed E-state index contributed by atoms with van der Waals surface area (Å²) in [5.41, 5.74) is 32.8. The molecule has 11 nitrogen and oxygen atoms in total. The maximum absolute atomic E-state index is 5.59. The molecular weight excluding hydrogens is 1790 g/mol. The van der Waals surface area contributed by atoms with E-state index in [1.54, 1.807) is 12.4 Å². The van der Waals surface area contributed by atoms with Crippen LogP contribution in [0.3, 0.4) is 0 Å². The first kappa shape index (κ1) is 84.7. The van der Waals surface area contributed by atoms with Crippen LogP contribution >= 0.6 is 0 Å². The van der Waals surface area contributed by atoms with Gasteiger partial charge >= 0.3 is 0 Å². The zero-order valence-electron chi connectivity index (χ0n) is 80.9. The molecule has 0 atom stereocenters. The lowest BCUT2D eigenvalue weighted by atomic mass is 9.79. The Bertz CT molecular complexity index is 10600. The fourth-order valence-electron chi connectivity index (χ4n) is 23.9. The average molecular weight is 1880 g/mol. The molecule has 22 aromatic carbocycles. The highest BCUT2D eigenvalue weighted by atomic mass is 15.2. The van der Waals surface area contributed by atoms with E-state index in [0.29, 0.717) is 29.0 Å². The molecule has 688 valence electrons. The van der Waals surface area contributed by atoms with E-state index in [-0.39, 0.29) is 10.8 Å². The zero-order chi connectivity index (χ0) is 97.4. The Labute approximate surface area is 846 Å². The monoisotopic (exact) mass is 1880 g/mol. The summed E-state index contributed by atoms with van der Waals surface area (Å²) >= 11 is 0. The summed E-state index contributed by atoms with van der Waals surface area (Å²) in [5, 5.41) is 23.7. The van der Waals surface area contributed by atoms with Crippen molar-refractivity contribution in [3.8, 4) is 107 Å². The van der Waals surface area contributed by atoms with E-state index in [1.807, 2.05) is 0 Å². The number of benzene rings is 22. The number of hydrogen-bond acceptors (Lipinski definition) is 8. The molecule has 0 N–H and O–H groups in total. The normalized spacial score (nSPS) is 12.9. The molecule has 31 rings (SSSR count). The van der Waals surface area contributed by atoms with Crippen LogP contribution in [0.15, 0.2) is 467 Å². The molecule has 0 unspecified atom stereocenters. The van der Waals surface area contributed by atoms with Gasteiger partial charge in [0.15, 0.2) is 5.65 Å². The second kappa shape index (κ2) is 33.3. The number of nitrogens with zero attached hydrogens (tertiary/aromatic N) is 11. The summed E-state index contributed by atoms with van der Waals surface area (Å²) in [5.74, 6) is 1.91. The second-order valence-corrected chi connectivity index (χ2v) is 40.1. The van der Waals surface area contributed by atoms with Crippen molar-refractivity contribution in [1.29, 1.82) is 0 Å². The fraction of sp³-hybridized carbons (Fsp3) is 0.0441. The lowest BCUT2D eigenvalue weighted by Crippen LogP contribution is -2.17. The topological polar surface area (TPSA) is 118 Å². The third-order valence-electron chi connectivity index (χ3n) is 31.0. The Morgan fingerprint density at radius 3 is 1.14 bits per heavy atom. The van der Waals surface area contributed by atoms with E-state index < -0.39 is 0 Å². The molecule has 7 heterocycles. The van der Waals surface area contributed by atoms with E-state index >= 15 is 0 Å². The first-order valence-electron chi connectivity index (χ1n) is 50.3. The third-order valence-corrected chi connectivity index (χ3v) is 31.0. The van der Waals surface area contributed by atoms with Gasteiger partial charge in [-0.1, -0.05) is 367 Å². The van der Waals surface area contributed by atoms with Gasteiger partial charge in [0.2, 0.25) is 17.8 Å². The SMILES string of the molecule is CC1(C)c2cc3ccccc3cc2-c2cccc(-c3nc(-n4c5ccc(-c6ccccc6)cc5c5cc6ccccc6cc54)nc4ccccc34)c21.CC1(C)c2ccc(-c3nc(-n4c5ccc(-c6ccccc6)cc5c5cc6ccccc6cc54)nc4ccccc34)cc2-c2cc3ccccc3cc21.c1ccc(-c2cccc3c2c2cc4ccccc4cc2n3-c2nc(-c3ccc4ccccc4c3)c3nccnc3n2)cc1. The van der Waals surface area contributed by atoms with E-state index in [2.05, 4.69) is 506 Å². The van der Waals surface area contributed by atoms with Crippen molar-refractivity contribution in [1.82, 2.24) is 53.6 Å². The maximum atomic E-state index is 5.59. The molecule has 0 saturated carbocycles. The summed E-state index contributed by atoms with van der Waals surface area (Å²) in [6.07, 6.45) is 3.39. The third kappa shape index (κ3) is 13.7.